The van der Waals surface area contributed by atoms with Gasteiger partial charge in [0.2, 0.25) is 11.8 Å². The van der Waals surface area contributed by atoms with Gasteiger partial charge >= 0.3 is 0 Å². The van der Waals surface area contributed by atoms with Crippen LogP contribution in [0.15, 0.2) is 48.5 Å². The second kappa shape index (κ2) is 10.8. The van der Waals surface area contributed by atoms with Crippen molar-refractivity contribution >= 4 is 40.7 Å². The molecule has 0 radical (unpaired) electrons. The van der Waals surface area contributed by atoms with E-state index in [-0.39, 0.29) is 12.8 Å². The molecule has 31 heavy (non-hydrogen) atoms. The zero-order valence-electron chi connectivity index (χ0n) is 17.3. The first-order valence-electron chi connectivity index (χ1n) is 10.4. The van der Waals surface area contributed by atoms with Crippen molar-refractivity contribution in [2.75, 3.05) is 23.3 Å². The summed E-state index contributed by atoms with van der Waals surface area (Å²) in [6.07, 6.45) is 3.72. The number of benzene rings is 2. The Morgan fingerprint density at radius 1 is 0.968 bits per heavy atom. The third-order valence-corrected chi connectivity index (χ3v) is 5.52. The zero-order valence-corrected chi connectivity index (χ0v) is 18.0. The van der Waals surface area contributed by atoms with E-state index in [0.29, 0.717) is 16.3 Å². The number of primary amides is 1. The molecular formula is C23H27ClN4O3. The second-order valence-corrected chi connectivity index (χ2v) is 8.06. The van der Waals surface area contributed by atoms with Gasteiger partial charge in [-0.3, -0.25) is 14.4 Å². The Balaban J connectivity index is 1.65. The normalized spacial score (nSPS) is 14.5. The van der Waals surface area contributed by atoms with E-state index in [0.717, 1.165) is 18.8 Å². The van der Waals surface area contributed by atoms with E-state index in [1.165, 1.54) is 19.3 Å². The largest absolute Gasteiger partial charge is 0.372 e. The van der Waals surface area contributed by atoms with Crippen molar-refractivity contribution in [2.45, 2.75) is 38.1 Å². The summed E-state index contributed by atoms with van der Waals surface area (Å²) in [6, 6.07) is 13.1. The smallest absolute Gasteiger partial charge is 0.251 e. The molecule has 0 aromatic heterocycles. The topological polar surface area (TPSA) is 105 Å². The average Bonchev–Trinajstić information content (AvgIpc) is 2.78. The number of anilines is 2. The number of amides is 3. The minimum atomic E-state index is -0.905. The number of piperidine rings is 1. The summed E-state index contributed by atoms with van der Waals surface area (Å²) >= 11 is 5.86. The van der Waals surface area contributed by atoms with Crippen molar-refractivity contribution < 1.29 is 14.4 Å². The monoisotopic (exact) mass is 442 g/mol. The number of hydrogen-bond acceptors (Lipinski definition) is 4. The lowest BCUT2D eigenvalue weighted by molar-refractivity contribution is -0.119. The third-order valence-electron chi connectivity index (χ3n) is 5.26. The first-order chi connectivity index (χ1) is 14.9. The Bertz CT molecular complexity index is 909. The van der Waals surface area contributed by atoms with Crippen molar-refractivity contribution in [3.8, 4) is 0 Å². The van der Waals surface area contributed by atoms with Crippen LogP contribution in [0.25, 0.3) is 0 Å². The average molecular weight is 443 g/mol. The molecule has 3 rings (SSSR count). The summed E-state index contributed by atoms with van der Waals surface area (Å²) in [7, 11) is 0. The highest BCUT2D eigenvalue weighted by Gasteiger charge is 2.22. The molecule has 2 aromatic carbocycles. The van der Waals surface area contributed by atoms with Crippen LogP contribution in [0.4, 0.5) is 11.4 Å². The van der Waals surface area contributed by atoms with E-state index in [2.05, 4.69) is 15.5 Å². The van der Waals surface area contributed by atoms with Crippen LogP contribution < -0.4 is 21.3 Å². The standard InChI is InChI=1S/C23H27ClN4O3/c24-17-6-4-16(5-7-17)22(30)27-20(12-13-21(25)29)23(31)26-18-8-10-19(11-9-18)28-14-2-1-3-15-28/h4-11,20H,1-3,12-15H2,(H2,25,29)(H,26,31)(H,27,30). The van der Waals surface area contributed by atoms with Gasteiger partial charge < -0.3 is 21.3 Å². The van der Waals surface area contributed by atoms with Crippen molar-refractivity contribution in [3.05, 3.63) is 59.1 Å². The number of rotatable bonds is 8. The quantitative estimate of drug-likeness (QED) is 0.583. The van der Waals surface area contributed by atoms with Crippen LogP contribution in [-0.2, 0) is 9.59 Å². The summed E-state index contributed by atoms with van der Waals surface area (Å²) in [5, 5.41) is 6.00. The lowest BCUT2D eigenvalue weighted by Gasteiger charge is -2.29. The molecule has 7 nitrogen and oxygen atoms in total. The maximum absolute atomic E-state index is 12.8. The van der Waals surface area contributed by atoms with E-state index < -0.39 is 23.8 Å². The van der Waals surface area contributed by atoms with Gasteiger partial charge in [0.15, 0.2) is 0 Å². The lowest BCUT2D eigenvalue weighted by Crippen LogP contribution is -2.44. The molecule has 2 aromatic rings. The molecule has 1 heterocycles. The number of nitrogens with zero attached hydrogens (tertiary/aromatic N) is 1. The molecule has 4 N–H and O–H groups in total. The van der Waals surface area contributed by atoms with Gasteiger partial charge in [0.25, 0.3) is 5.91 Å². The first kappa shape index (κ1) is 22.6. The molecule has 8 heteroatoms. The molecule has 0 aliphatic carbocycles. The third kappa shape index (κ3) is 6.72. The lowest BCUT2D eigenvalue weighted by atomic mass is 10.1. The van der Waals surface area contributed by atoms with E-state index in [4.69, 9.17) is 17.3 Å². The number of halogens is 1. The van der Waals surface area contributed by atoms with Crippen LogP contribution in [0.3, 0.4) is 0 Å². The van der Waals surface area contributed by atoms with Crippen LogP contribution in [-0.4, -0.2) is 36.9 Å². The fourth-order valence-electron chi connectivity index (χ4n) is 3.54. The fourth-order valence-corrected chi connectivity index (χ4v) is 3.66. The molecule has 1 saturated heterocycles. The minimum Gasteiger partial charge on any atom is -0.372 e. The van der Waals surface area contributed by atoms with Crippen molar-refractivity contribution in [3.63, 3.8) is 0 Å². The summed E-state index contributed by atoms with van der Waals surface area (Å²) in [4.78, 5) is 38.9. The highest BCUT2D eigenvalue weighted by molar-refractivity contribution is 6.30. The van der Waals surface area contributed by atoms with Crippen LogP contribution in [0.5, 0.6) is 0 Å². The predicted molar refractivity (Wildman–Crippen MR) is 122 cm³/mol. The number of nitrogens with one attached hydrogen (secondary N) is 2. The molecular weight excluding hydrogens is 416 g/mol. The van der Waals surface area contributed by atoms with Gasteiger partial charge in [-0.05, 0) is 74.2 Å². The van der Waals surface area contributed by atoms with E-state index in [9.17, 15) is 14.4 Å². The highest BCUT2D eigenvalue weighted by atomic mass is 35.5. The van der Waals surface area contributed by atoms with Crippen LogP contribution >= 0.6 is 11.6 Å². The molecule has 0 bridgehead atoms. The van der Waals surface area contributed by atoms with Gasteiger partial charge in [0, 0.05) is 41.5 Å². The Morgan fingerprint density at radius 2 is 1.61 bits per heavy atom. The molecule has 0 saturated carbocycles. The fraction of sp³-hybridized carbons (Fsp3) is 0.348. The van der Waals surface area contributed by atoms with Crippen LogP contribution in [0, 0.1) is 0 Å². The molecule has 1 atom stereocenters. The number of hydrogen-bond donors (Lipinski definition) is 3. The summed E-state index contributed by atoms with van der Waals surface area (Å²) in [5.41, 5.74) is 7.35. The SMILES string of the molecule is NC(=O)CCC(NC(=O)c1ccc(Cl)cc1)C(=O)Nc1ccc(N2CCCCC2)cc1. The molecule has 0 spiro atoms. The van der Waals surface area contributed by atoms with Gasteiger partial charge in [-0.25, -0.2) is 0 Å². The molecule has 164 valence electrons. The van der Waals surface area contributed by atoms with Gasteiger partial charge in [-0.15, -0.1) is 0 Å². The van der Waals surface area contributed by atoms with Crippen LogP contribution in [0.1, 0.15) is 42.5 Å². The van der Waals surface area contributed by atoms with Gasteiger partial charge in [-0.1, -0.05) is 11.6 Å². The Kier molecular flexibility index (Phi) is 7.89. The molecule has 1 aliphatic rings. The van der Waals surface area contributed by atoms with Gasteiger partial charge in [0.05, 0.1) is 0 Å². The van der Waals surface area contributed by atoms with Crippen molar-refractivity contribution in [1.29, 1.82) is 0 Å². The van der Waals surface area contributed by atoms with E-state index in [1.807, 2.05) is 24.3 Å². The zero-order chi connectivity index (χ0) is 22.2. The molecule has 1 unspecified atom stereocenters. The molecule has 1 fully saturated rings. The highest BCUT2D eigenvalue weighted by Crippen LogP contribution is 2.22. The van der Waals surface area contributed by atoms with Gasteiger partial charge in [-0.2, -0.15) is 0 Å². The van der Waals surface area contributed by atoms with E-state index >= 15 is 0 Å². The molecule has 3 amide bonds. The predicted octanol–water partition coefficient (Wildman–Crippen LogP) is 3.33. The van der Waals surface area contributed by atoms with Crippen molar-refractivity contribution in [2.24, 2.45) is 5.73 Å². The van der Waals surface area contributed by atoms with Gasteiger partial charge in [0.1, 0.15) is 6.04 Å². The second-order valence-electron chi connectivity index (χ2n) is 7.62. The number of carbonyl (C=O) groups is 3. The van der Waals surface area contributed by atoms with Crippen LogP contribution in [0.2, 0.25) is 5.02 Å². The first-order valence-corrected chi connectivity index (χ1v) is 10.8. The maximum Gasteiger partial charge on any atom is 0.251 e. The Hall–Kier alpha value is -3.06. The Morgan fingerprint density at radius 3 is 2.23 bits per heavy atom. The number of carbonyl (C=O) groups excluding carboxylic acids is 3. The van der Waals surface area contributed by atoms with E-state index in [1.54, 1.807) is 24.3 Å². The summed E-state index contributed by atoms with van der Waals surface area (Å²) in [5.74, 6) is -1.37. The Labute approximate surface area is 186 Å². The minimum absolute atomic E-state index is 0.0210. The summed E-state index contributed by atoms with van der Waals surface area (Å²) in [6.45, 7) is 2.08. The maximum atomic E-state index is 12.8. The number of nitrogens with two attached hydrogens (primary N) is 1. The summed E-state index contributed by atoms with van der Waals surface area (Å²) < 4.78 is 0. The van der Waals surface area contributed by atoms with Crippen molar-refractivity contribution in [1.82, 2.24) is 5.32 Å². The molecule has 1 aliphatic heterocycles.